The minimum absolute atomic E-state index is 0.0179. The lowest BCUT2D eigenvalue weighted by Crippen LogP contribution is -2.49. The quantitative estimate of drug-likeness (QED) is 0.378. The number of hydrogen-bond donors (Lipinski definition) is 1. The third-order valence-corrected chi connectivity index (χ3v) is 7.66. The molecule has 6 rings (SSSR count). The third-order valence-electron chi connectivity index (χ3n) is 7.42. The number of benzene rings is 2. The van der Waals surface area contributed by atoms with Crippen LogP contribution in [0.25, 0.3) is 10.9 Å². The number of rotatable bonds is 6. The van der Waals surface area contributed by atoms with E-state index in [0.717, 1.165) is 12.8 Å². The molecule has 0 bridgehead atoms. The Hall–Kier alpha value is -4.24. The Bertz CT molecular complexity index is 1660. The van der Waals surface area contributed by atoms with Crippen LogP contribution in [0.5, 0.6) is 0 Å². The number of hydrogen-bond acceptors (Lipinski definition) is 5. The number of fused-ring (bicyclic) bond motifs is 1. The summed E-state index contributed by atoms with van der Waals surface area (Å²) < 4.78 is 17.4. The van der Waals surface area contributed by atoms with Crippen molar-refractivity contribution in [2.45, 2.75) is 25.4 Å². The summed E-state index contributed by atoms with van der Waals surface area (Å²) in [6, 6.07) is 15.3. The first-order valence-corrected chi connectivity index (χ1v) is 13.6. The van der Waals surface area contributed by atoms with E-state index in [1.165, 1.54) is 6.07 Å². The van der Waals surface area contributed by atoms with Crippen LogP contribution >= 0.6 is 11.6 Å². The van der Waals surface area contributed by atoms with E-state index in [-0.39, 0.29) is 29.4 Å². The largest absolute Gasteiger partial charge is 0.366 e. The molecule has 2 aliphatic rings. The molecule has 10 heteroatoms. The first-order valence-electron chi connectivity index (χ1n) is 13.3. The van der Waals surface area contributed by atoms with Gasteiger partial charge in [-0.05, 0) is 55.3 Å². The van der Waals surface area contributed by atoms with Crippen LogP contribution < -0.4 is 15.6 Å². The Labute approximate surface area is 235 Å². The van der Waals surface area contributed by atoms with E-state index in [0.29, 0.717) is 53.7 Å². The molecule has 0 atom stereocenters. The third kappa shape index (κ3) is 5.16. The van der Waals surface area contributed by atoms with E-state index in [9.17, 15) is 14.4 Å². The fraction of sp³-hybridized carbons (Fsp3) is 0.267. The highest BCUT2D eigenvalue weighted by atomic mass is 35.5. The molecule has 204 valence electrons. The van der Waals surface area contributed by atoms with Crippen LogP contribution in [0.1, 0.15) is 45.3 Å². The molecule has 2 amide bonds. The molecule has 4 aromatic rings. The predicted octanol–water partition coefficient (Wildman–Crippen LogP) is 4.42. The Balaban J connectivity index is 1.25. The summed E-state index contributed by atoms with van der Waals surface area (Å²) in [5.41, 5.74) is 1.64. The number of anilines is 1. The lowest BCUT2D eigenvalue weighted by molar-refractivity contribution is 0.0746. The van der Waals surface area contributed by atoms with Crippen LogP contribution in [0.15, 0.2) is 71.8 Å². The van der Waals surface area contributed by atoms with Crippen LogP contribution in [-0.4, -0.2) is 52.4 Å². The second-order valence-corrected chi connectivity index (χ2v) is 10.6. The number of aromatic nitrogens is 2. The highest BCUT2D eigenvalue weighted by Gasteiger charge is 2.29. The van der Waals surface area contributed by atoms with Gasteiger partial charge in [0.2, 0.25) is 5.43 Å². The fourth-order valence-corrected chi connectivity index (χ4v) is 5.33. The number of pyridine rings is 2. The molecule has 0 unspecified atom stereocenters. The SMILES string of the molecule is O=C(NCc1ccccn1)c1cn(C2CC2)c2cc(N3CCN(C(=O)c4cccc(Cl)c4)CC3)c(F)cc2c1=O. The van der Waals surface area contributed by atoms with Gasteiger partial charge in [0.15, 0.2) is 0 Å². The maximum Gasteiger partial charge on any atom is 0.257 e. The first kappa shape index (κ1) is 26.0. The Morgan fingerprint density at radius 2 is 1.82 bits per heavy atom. The minimum Gasteiger partial charge on any atom is -0.366 e. The van der Waals surface area contributed by atoms with Crippen molar-refractivity contribution in [1.29, 1.82) is 0 Å². The average Bonchev–Trinajstić information content (AvgIpc) is 3.82. The number of amides is 2. The summed E-state index contributed by atoms with van der Waals surface area (Å²) in [4.78, 5) is 47.1. The number of carbonyl (C=O) groups excluding carboxylic acids is 2. The van der Waals surface area contributed by atoms with Gasteiger partial charge in [-0.3, -0.25) is 19.4 Å². The van der Waals surface area contributed by atoms with Crippen molar-refractivity contribution in [1.82, 2.24) is 19.8 Å². The van der Waals surface area contributed by atoms with E-state index in [1.807, 2.05) is 15.5 Å². The molecule has 1 aliphatic carbocycles. The van der Waals surface area contributed by atoms with Crippen molar-refractivity contribution in [3.05, 3.63) is 105 Å². The number of carbonyl (C=O) groups is 2. The maximum absolute atomic E-state index is 15.5. The minimum atomic E-state index is -0.535. The van der Waals surface area contributed by atoms with Gasteiger partial charge < -0.3 is 19.7 Å². The van der Waals surface area contributed by atoms with Crippen LogP contribution in [0, 0.1) is 5.82 Å². The van der Waals surface area contributed by atoms with Crippen LogP contribution in [0.3, 0.4) is 0 Å². The molecule has 3 heterocycles. The molecular formula is C30H27ClFN5O3. The summed E-state index contributed by atoms with van der Waals surface area (Å²) in [5, 5.41) is 3.43. The number of halogens is 2. The van der Waals surface area contributed by atoms with Crippen molar-refractivity contribution in [2.24, 2.45) is 0 Å². The summed E-state index contributed by atoms with van der Waals surface area (Å²) in [7, 11) is 0. The van der Waals surface area contributed by atoms with Gasteiger partial charge in [-0.2, -0.15) is 0 Å². The van der Waals surface area contributed by atoms with Gasteiger partial charge in [0.05, 0.1) is 23.4 Å². The molecule has 2 aromatic carbocycles. The van der Waals surface area contributed by atoms with Crippen LogP contribution in [0.4, 0.5) is 10.1 Å². The number of piperazine rings is 1. The molecule has 1 aliphatic heterocycles. The van der Waals surface area contributed by atoms with Crippen molar-refractivity contribution >= 4 is 40.0 Å². The summed E-state index contributed by atoms with van der Waals surface area (Å²) >= 11 is 6.05. The van der Waals surface area contributed by atoms with Crippen molar-refractivity contribution in [2.75, 3.05) is 31.1 Å². The van der Waals surface area contributed by atoms with Crippen molar-refractivity contribution in [3.63, 3.8) is 0 Å². The topological polar surface area (TPSA) is 87.5 Å². The van der Waals surface area contributed by atoms with Crippen molar-refractivity contribution < 1.29 is 14.0 Å². The molecule has 2 fully saturated rings. The predicted molar refractivity (Wildman–Crippen MR) is 151 cm³/mol. The fourth-order valence-electron chi connectivity index (χ4n) is 5.14. The molecule has 2 aromatic heterocycles. The number of nitrogens with zero attached hydrogens (tertiary/aromatic N) is 4. The molecule has 0 radical (unpaired) electrons. The van der Waals surface area contributed by atoms with Crippen LogP contribution in [-0.2, 0) is 6.54 Å². The van der Waals surface area contributed by atoms with E-state index in [1.54, 1.807) is 59.8 Å². The van der Waals surface area contributed by atoms with Crippen LogP contribution in [0.2, 0.25) is 5.02 Å². The van der Waals surface area contributed by atoms with Gasteiger partial charge in [0, 0.05) is 60.6 Å². The van der Waals surface area contributed by atoms with Gasteiger partial charge in [0.25, 0.3) is 11.8 Å². The van der Waals surface area contributed by atoms with Gasteiger partial charge in [-0.1, -0.05) is 23.7 Å². The molecule has 1 saturated heterocycles. The van der Waals surface area contributed by atoms with Gasteiger partial charge in [-0.25, -0.2) is 4.39 Å². The Kier molecular flexibility index (Phi) is 6.98. The van der Waals surface area contributed by atoms with Gasteiger partial charge in [0.1, 0.15) is 11.4 Å². The zero-order valence-electron chi connectivity index (χ0n) is 21.6. The van der Waals surface area contributed by atoms with Crippen molar-refractivity contribution in [3.8, 4) is 0 Å². The normalized spacial score (nSPS) is 15.3. The van der Waals surface area contributed by atoms with E-state index in [4.69, 9.17) is 11.6 Å². The second-order valence-electron chi connectivity index (χ2n) is 10.1. The zero-order valence-corrected chi connectivity index (χ0v) is 22.4. The lowest BCUT2D eigenvalue weighted by atomic mass is 10.1. The van der Waals surface area contributed by atoms with Gasteiger partial charge in [-0.15, -0.1) is 0 Å². The molecule has 40 heavy (non-hydrogen) atoms. The molecule has 1 saturated carbocycles. The second kappa shape index (κ2) is 10.7. The monoisotopic (exact) mass is 559 g/mol. The molecule has 8 nitrogen and oxygen atoms in total. The standard InChI is InChI=1S/C30H27ClFN5O3/c31-20-5-3-4-19(14-20)30(40)36-12-10-35(11-13-36)27-16-26-23(15-25(27)32)28(38)24(18-37(26)22-7-8-22)29(39)34-17-21-6-1-2-9-33-21/h1-6,9,14-16,18,22H,7-8,10-13,17H2,(H,34,39). The molecule has 1 N–H and O–H groups in total. The molecular weight excluding hydrogens is 533 g/mol. The average molecular weight is 560 g/mol. The first-order chi connectivity index (χ1) is 19.4. The zero-order chi connectivity index (χ0) is 27.8. The summed E-state index contributed by atoms with van der Waals surface area (Å²) in [6.07, 6.45) is 5.07. The van der Waals surface area contributed by atoms with Gasteiger partial charge >= 0.3 is 0 Å². The number of nitrogens with one attached hydrogen (secondary N) is 1. The van der Waals surface area contributed by atoms with E-state index < -0.39 is 17.2 Å². The summed E-state index contributed by atoms with van der Waals surface area (Å²) in [5.74, 6) is -1.16. The maximum atomic E-state index is 15.5. The molecule has 0 spiro atoms. The Morgan fingerprint density at radius 1 is 1.02 bits per heavy atom. The van der Waals surface area contributed by atoms with E-state index in [2.05, 4.69) is 10.3 Å². The Morgan fingerprint density at radius 3 is 2.52 bits per heavy atom. The lowest BCUT2D eigenvalue weighted by Gasteiger charge is -2.36. The highest BCUT2D eigenvalue weighted by molar-refractivity contribution is 6.31. The highest BCUT2D eigenvalue weighted by Crippen LogP contribution is 2.38. The van der Waals surface area contributed by atoms with E-state index >= 15 is 4.39 Å². The smallest absolute Gasteiger partial charge is 0.257 e. The summed E-state index contributed by atoms with van der Waals surface area (Å²) in [6.45, 7) is 1.91.